The van der Waals surface area contributed by atoms with Gasteiger partial charge in [-0.25, -0.2) is 9.98 Å². The quantitative estimate of drug-likeness (QED) is 0.676. The van der Waals surface area contributed by atoms with Crippen LogP contribution < -0.4 is 0 Å². The van der Waals surface area contributed by atoms with Crippen LogP contribution in [0.5, 0.6) is 0 Å². The second kappa shape index (κ2) is 3.65. The fraction of sp³-hybridized carbons (Fsp3) is 0.222. The average molecular weight is 293 g/mol. The second-order valence-corrected chi connectivity index (χ2v) is 4.11. The Kier molecular flexibility index (Phi) is 2.57. The van der Waals surface area contributed by atoms with E-state index in [0.717, 1.165) is 12.3 Å². The maximum atomic E-state index is 12.6. The molecule has 0 N–H and O–H groups in total. The van der Waals surface area contributed by atoms with Crippen LogP contribution in [0.25, 0.3) is 0 Å². The Balaban J connectivity index is 2.43. The first-order valence-electron chi connectivity index (χ1n) is 4.20. The number of hydrogen-bond acceptors (Lipinski definition) is 2. The minimum absolute atomic E-state index is 0.0742. The molecule has 16 heavy (non-hydrogen) atoms. The molecule has 2 aliphatic rings. The maximum Gasteiger partial charge on any atom is 0.399 e. The summed E-state index contributed by atoms with van der Waals surface area (Å²) in [5.74, 6) is -2.30. The van der Waals surface area contributed by atoms with Crippen LogP contribution in [0, 0.1) is 5.92 Å². The van der Waals surface area contributed by atoms with Crippen molar-refractivity contribution in [1.29, 1.82) is 0 Å². The van der Waals surface area contributed by atoms with E-state index in [0.29, 0.717) is 0 Å². The number of aliphatic imine (C=N–C) groups is 2. The van der Waals surface area contributed by atoms with Crippen molar-refractivity contribution in [3.05, 3.63) is 22.3 Å². The van der Waals surface area contributed by atoms with Crippen molar-refractivity contribution in [1.82, 2.24) is 0 Å². The lowest BCUT2D eigenvalue weighted by Crippen LogP contribution is -2.26. The first-order chi connectivity index (χ1) is 7.38. The molecule has 2 rings (SSSR count). The maximum absolute atomic E-state index is 12.6. The second-order valence-electron chi connectivity index (χ2n) is 3.19. The van der Waals surface area contributed by atoms with Crippen LogP contribution in [0.3, 0.4) is 0 Å². The topological polar surface area (TPSA) is 41.8 Å². The summed E-state index contributed by atoms with van der Waals surface area (Å²) >= 11 is 2.82. The smallest absolute Gasteiger partial charge is 0.266 e. The van der Waals surface area contributed by atoms with Gasteiger partial charge < -0.3 is 0 Å². The molecule has 0 saturated carbocycles. The van der Waals surface area contributed by atoms with E-state index in [1.54, 1.807) is 0 Å². The minimum atomic E-state index is -4.38. The van der Waals surface area contributed by atoms with E-state index >= 15 is 0 Å². The van der Waals surface area contributed by atoms with Gasteiger partial charge in [0.2, 0.25) is 0 Å². The van der Waals surface area contributed by atoms with Crippen LogP contribution in [0.2, 0.25) is 0 Å². The molecule has 1 aliphatic heterocycles. The molecule has 3 nitrogen and oxygen atoms in total. The lowest BCUT2D eigenvalue weighted by Gasteiger charge is -2.22. The number of amides is 1. The lowest BCUT2D eigenvalue weighted by molar-refractivity contribution is -0.149. The summed E-state index contributed by atoms with van der Waals surface area (Å²) in [7, 11) is 0. The van der Waals surface area contributed by atoms with Crippen molar-refractivity contribution in [3.63, 3.8) is 0 Å². The van der Waals surface area contributed by atoms with E-state index in [-0.39, 0.29) is 15.9 Å². The monoisotopic (exact) mass is 292 g/mol. The number of nitrogens with zero attached hydrogens (tertiary/aromatic N) is 2. The first kappa shape index (κ1) is 11.3. The molecule has 0 fully saturated rings. The number of hydrogen-bond donors (Lipinski definition) is 0. The van der Waals surface area contributed by atoms with Gasteiger partial charge in [0.25, 0.3) is 5.91 Å². The van der Waals surface area contributed by atoms with E-state index in [2.05, 4.69) is 25.9 Å². The van der Waals surface area contributed by atoms with Gasteiger partial charge in [0.05, 0.1) is 17.6 Å². The molecule has 0 radical (unpaired) electrons. The molecule has 0 aromatic rings. The number of fused-ring (bicyclic) bond motifs is 1. The Morgan fingerprint density at radius 1 is 1.38 bits per heavy atom. The standard InChI is InChI=1S/C9H4BrF3N2O/c10-5-2-7-6(14-3-8(16)15-7)1-4(5)9(11,12)13/h1-4H. The number of carbonyl (C=O) groups excluding carboxylic acids is 1. The summed E-state index contributed by atoms with van der Waals surface area (Å²) in [6, 6.07) is 0. The Labute approximate surface area is 96.6 Å². The fourth-order valence-electron chi connectivity index (χ4n) is 1.34. The third-order valence-corrected chi connectivity index (χ3v) is 2.78. The van der Waals surface area contributed by atoms with Gasteiger partial charge in [-0.15, -0.1) is 0 Å². The summed E-state index contributed by atoms with van der Waals surface area (Å²) in [6.45, 7) is 0. The molecule has 1 heterocycles. The van der Waals surface area contributed by atoms with E-state index in [1.165, 1.54) is 6.08 Å². The zero-order valence-electron chi connectivity index (χ0n) is 7.62. The SMILES string of the molecule is O=C1C=NC2=CC(C(F)(F)F)C(Br)=CC2=N1. The minimum Gasteiger partial charge on any atom is -0.266 e. The van der Waals surface area contributed by atoms with E-state index in [1.807, 2.05) is 0 Å². The molecule has 1 aliphatic carbocycles. The molecule has 0 spiro atoms. The summed E-state index contributed by atoms with van der Waals surface area (Å²) in [6.07, 6.45) is -1.38. The molecule has 7 heteroatoms. The summed E-state index contributed by atoms with van der Waals surface area (Å²) < 4.78 is 37.6. The number of carbonyl (C=O) groups is 1. The summed E-state index contributed by atoms with van der Waals surface area (Å²) in [5, 5.41) is 0. The normalized spacial score (nSPS) is 24.6. The van der Waals surface area contributed by atoms with Crippen LogP contribution in [-0.4, -0.2) is 24.0 Å². The predicted molar refractivity (Wildman–Crippen MR) is 55.6 cm³/mol. The van der Waals surface area contributed by atoms with Crippen LogP contribution in [-0.2, 0) is 4.79 Å². The Bertz CT molecular complexity index is 474. The molecule has 1 unspecified atom stereocenters. The molecule has 1 atom stereocenters. The van der Waals surface area contributed by atoms with Crippen molar-refractivity contribution >= 4 is 33.8 Å². The van der Waals surface area contributed by atoms with Gasteiger partial charge in [0, 0.05) is 4.48 Å². The first-order valence-corrected chi connectivity index (χ1v) is 5.00. The molecule has 1 amide bonds. The van der Waals surface area contributed by atoms with Gasteiger partial charge >= 0.3 is 6.18 Å². The fourth-order valence-corrected chi connectivity index (χ4v) is 1.95. The Hall–Kier alpha value is -1.24. The zero-order chi connectivity index (χ0) is 11.9. The molecule has 84 valence electrons. The highest BCUT2D eigenvalue weighted by Gasteiger charge is 2.42. The highest BCUT2D eigenvalue weighted by Crippen LogP contribution is 2.39. The molecular weight excluding hydrogens is 289 g/mol. The summed E-state index contributed by atoms with van der Waals surface area (Å²) in [4.78, 5) is 18.1. The van der Waals surface area contributed by atoms with Gasteiger partial charge in [-0.2, -0.15) is 13.2 Å². The highest BCUT2D eigenvalue weighted by molar-refractivity contribution is 9.11. The van der Waals surface area contributed by atoms with E-state index in [4.69, 9.17) is 0 Å². The van der Waals surface area contributed by atoms with E-state index < -0.39 is 18.0 Å². The van der Waals surface area contributed by atoms with Crippen molar-refractivity contribution in [2.24, 2.45) is 15.9 Å². The van der Waals surface area contributed by atoms with Gasteiger partial charge in [-0.05, 0) is 12.2 Å². The third-order valence-electron chi connectivity index (χ3n) is 2.06. The van der Waals surface area contributed by atoms with Gasteiger partial charge in [0.1, 0.15) is 5.92 Å². The zero-order valence-corrected chi connectivity index (χ0v) is 9.21. The number of rotatable bonds is 0. The van der Waals surface area contributed by atoms with Crippen LogP contribution in [0.4, 0.5) is 13.2 Å². The van der Waals surface area contributed by atoms with Crippen molar-refractivity contribution in [2.75, 3.05) is 0 Å². The number of alkyl halides is 3. The van der Waals surface area contributed by atoms with Crippen molar-refractivity contribution in [3.8, 4) is 0 Å². The average Bonchev–Trinajstić information content (AvgIpc) is 2.14. The molecule has 0 bridgehead atoms. The number of allylic oxidation sites excluding steroid dienone is 3. The molecule has 0 saturated heterocycles. The van der Waals surface area contributed by atoms with Gasteiger partial charge in [0.15, 0.2) is 0 Å². The predicted octanol–water partition coefficient (Wildman–Crippen LogP) is 2.39. The number of halogens is 4. The van der Waals surface area contributed by atoms with Crippen molar-refractivity contribution < 1.29 is 18.0 Å². The highest BCUT2D eigenvalue weighted by atomic mass is 79.9. The lowest BCUT2D eigenvalue weighted by atomic mass is 9.99. The Morgan fingerprint density at radius 2 is 2.06 bits per heavy atom. The van der Waals surface area contributed by atoms with Crippen LogP contribution in [0.1, 0.15) is 0 Å². The molecule has 0 aromatic heterocycles. The third kappa shape index (κ3) is 1.99. The summed E-state index contributed by atoms with van der Waals surface area (Å²) in [5.41, 5.74) is 0.227. The van der Waals surface area contributed by atoms with Crippen molar-refractivity contribution in [2.45, 2.75) is 6.18 Å². The molecule has 0 aromatic carbocycles. The Morgan fingerprint density at radius 3 is 2.69 bits per heavy atom. The van der Waals surface area contributed by atoms with Gasteiger partial charge in [-0.1, -0.05) is 15.9 Å². The van der Waals surface area contributed by atoms with Crippen LogP contribution >= 0.6 is 15.9 Å². The van der Waals surface area contributed by atoms with Crippen LogP contribution in [0.15, 0.2) is 32.3 Å². The molecular formula is C9H4BrF3N2O. The van der Waals surface area contributed by atoms with E-state index in [9.17, 15) is 18.0 Å². The largest absolute Gasteiger partial charge is 0.399 e. The van der Waals surface area contributed by atoms with Gasteiger partial charge in [-0.3, -0.25) is 4.79 Å².